The predicted molar refractivity (Wildman–Crippen MR) is 93.1 cm³/mol. The van der Waals surface area contributed by atoms with Crippen molar-refractivity contribution >= 4 is 17.8 Å². The second-order valence-corrected chi connectivity index (χ2v) is 4.91. The summed E-state index contributed by atoms with van der Waals surface area (Å²) in [5.74, 6) is -0.426. The Morgan fingerprint density at radius 2 is 1.88 bits per heavy atom. The van der Waals surface area contributed by atoms with Crippen LogP contribution in [0.5, 0.6) is 5.75 Å². The molecule has 2 aromatic carbocycles. The maximum absolute atomic E-state index is 11.4. The Kier molecular flexibility index (Phi) is 6.14. The number of aliphatic carboxylic acids is 1. The van der Waals surface area contributed by atoms with E-state index in [1.807, 2.05) is 55.5 Å². The highest BCUT2D eigenvalue weighted by Gasteiger charge is 2.17. The average molecular weight is 325 g/mol. The fourth-order valence-electron chi connectivity index (χ4n) is 2.26. The molecule has 2 rings (SSSR count). The predicted octanol–water partition coefficient (Wildman–Crippen LogP) is 3.73. The number of hydrogen-bond acceptors (Lipinski definition) is 4. The minimum absolute atomic E-state index is 0.154. The van der Waals surface area contributed by atoms with Crippen molar-refractivity contribution in [2.24, 2.45) is 5.16 Å². The number of benzene rings is 2. The van der Waals surface area contributed by atoms with Gasteiger partial charge in [0, 0.05) is 11.1 Å². The summed E-state index contributed by atoms with van der Waals surface area (Å²) in [4.78, 5) is 16.0. The summed E-state index contributed by atoms with van der Waals surface area (Å²) in [6.45, 7) is 2.16. The van der Waals surface area contributed by atoms with Crippen LogP contribution in [0.4, 0.5) is 0 Å². The first kappa shape index (κ1) is 17.3. The number of carboxylic acids is 1. The van der Waals surface area contributed by atoms with Crippen LogP contribution in [0, 0.1) is 0 Å². The SMILES string of the molecule is CC=Cc1ccccc1OCc1ccccc1C(=NOC)C(=O)O. The molecule has 0 radical (unpaired) electrons. The third kappa shape index (κ3) is 4.23. The lowest BCUT2D eigenvalue weighted by atomic mass is 10.0. The largest absolute Gasteiger partial charge is 0.488 e. The van der Waals surface area contributed by atoms with Gasteiger partial charge >= 0.3 is 5.97 Å². The highest BCUT2D eigenvalue weighted by Crippen LogP contribution is 2.22. The van der Waals surface area contributed by atoms with Crippen molar-refractivity contribution in [3.63, 3.8) is 0 Å². The van der Waals surface area contributed by atoms with Crippen LogP contribution < -0.4 is 4.74 Å². The highest BCUT2D eigenvalue weighted by atomic mass is 16.6. The second-order valence-electron chi connectivity index (χ2n) is 4.91. The number of carboxylic acid groups (broad SMARTS) is 1. The topological polar surface area (TPSA) is 68.1 Å². The summed E-state index contributed by atoms with van der Waals surface area (Å²) in [6.07, 6.45) is 3.89. The Bertz CT molecular complexity index is 765. The Balaban J connectivity index is 2.29. The molecular formula is C19H19NO4. The standard InChI is InChI=1S/C19H19NO4/c1-3-8-14-9-5-7-12-17(14)24-13-15-10-4-6-11-16(15)18(19(21)22)20-23-2/h3-12H,13H2,1-2H3,(H,21,22). The van der Waals surface area contributed by atoms with E-state index in [-0.39, 0.29) is 12.3 Å². The molecule has 0 aliphatic rings. The van der Waals surface area contributed by atoms with Gasteiger partial charge in [-0.2, -0.15) is 0 Å². The zero-order chi connectivity index (χ0) is 17.4. The Hall–Kier alpha value is -3.08. The lowest BCUT2D eigenvalue weighted by molar-refractivity contribution is -0.129. The van der Waals surface area contributed by atoms with E-state index < -0.39 is 5.97 Å². The highest BCUT2D eigenvalue weighted by molar-refractivity contribution is 6.42. The summed E-state index contributed by atoms with van der Waals surface area (Å²) in [6, 6.07) is 14.7. The van der Waals surface area contributed by atoms with Crippen LogP contribution in [0.15, 0.2) is 59.8 Å². The zero-order valence-electron chi connectivity index (χ0n) is 13.6. The van der Waals surface area contributed by atoms with E-state index in [9.17, 15) is 9.90 Å². The Labute approximate surface area is 140 Å². The van der Waals surface area contributed by atoms with Crippen molar-refractivity contribution in [2.45, 2.75) is 13.5 Å². The number of rotatable bonds is 7. The molecule has 0 spiro atoms. The first-order chi connectivity index (χ1) is 11.7. The molecule has 0 atom stereocenters. The van der Waals surface area contributed by atoms with Gasteiger partial charge in [-0.25, -0.2) is 4.79 Å². The third-order valence-corrected chi connectivity index (χ3v) is 3.31. The van der Waals surface area contributed by atoms with E-state index in [4.69, 9.17) is 4.74 Å². The maximum Gasteiger partial charge on any atom is 0.358 e. The van der Waals surface area contributed by atoms with Crippen LogP contribution in [0.3, 0.4) is 0 Å². The minimum atomic E-state index is -1.15. The van der Waals surface area contributed by atoms with Crippen LogP contribution in [-0.4, -0.2) is 23.9 Å². The van der Waals surface area contributed by atoms with Gasteiger partial charge in [-0.05, 0) is 18.6 Å². The molecule has 124 valence electrons. The molecule has 0 heterocycles. The van der Waals surface area contributed by atoms with Gasteiger partial charge in [0.1, 0.15) is 19.5 Å². The van der Waals surface area contributed by atoms with Crippen molar-refractivity contribution in [2.75, 3.05) is 7.11 Å². The van der Waals surface area contributed by atoms with Crippen molar-refractivity contribution in [3.05, 3.63) is 71.3 Å². The summed E-state index contributed by atoms with van der Waals surface area (Å²) < 4.78 is 5.88. The number of para-hydroxylation sites is 1. The second kappa shape index (κ2) is 8.53. The molecule has 5 nitrogen and oxygen atoms in total. The first-order valence-corrected chi connectivity index (χ1v) is 7.44. The van der Waals surface area contributed by atoms with E-state index in [0.29, 0.717) is 11.1 Å². The summed E-state index contributed by atoms with van der Waals surface area (Å²) in [5.41, 5.74) is 1.99. The summed E-state index contributed by atoms with van der Waals surface area (Å²) in [5, 5.41) is 12.9. The molecular weight excluding hydrogens is 306 g/mol. The van der Waals surface area contributed by atoms with Crippen LogP contribution in [-0.2, 0) is 16.2 Å². The first-order valence-electron chi connectivity index (χ1n) is 7.44. The number of hydrogen-bond donors (Lipinski definition) is 1. The number of ether oxygens (including phenoxy) is 1. The van der Waals surface area contributed by atoms with Gasteiger partial charge in [-0.3, -0.25) is 0 Å². The molecule has 0 saturated heterocycles. The molecule has 0 aromatic heterocycles. The van der Waals surface area contributed by atoms with E-state index in [2.05, 4.69) is 9.99 Å². The fraction of sp³-hybridized carbons (Fsp3) is 0.158. The summed E-state index contributed by atoms with van der Waals surface area (Å²) >= 11 is 0. The molecule has 2 aromatic rings. The molecule has 1 N–H and O–H groups in total. The van der Waals surface area contributed by atoms with E-state index in [0.717, 1.165) is 11.3 Å². The lowest BCUT2D eigenvalue weighted by Gasteiger charge is -2.12. The molecule has 0 fully saturated rings. The Morgan fingerprint density at radius 1 is 1.17 bits per heavy atom. The molecule has 0 amide bonds. The van der Waals surface area contributed by atoms with E-state index in [1.165, 1.54) is 7.11 Å². The van der Waals surface area contributed by atoms with Crippen molar-refractivity contribution in [1.82, 2.24) is 0 Å². The normalized spacial score (nSPS) is 11.5. The lowest BCUT2D eigenvalue weighted by Crippen LogP contribution is -2.17. The van der Waals surface area contributed by atoms with Gasteiger partial charge in [0.25, 0.3) is 0 Å². The van der Waals surface area contributed by atoms with E-state index >= 15 is 0 Å². The zero-order valence-corrected chi connectivity index (χ0v) is 13.6. The van der Waals surface area contributed by atoms with Crippen molar-refractivity contribution in [1.29, 1.82) is 0 Å². The van der Waals surface area contributed by atoms with Gasteiger partial charge in [0.15, 0.2) is 5.71 Å². The van der Waals surface area contributed by atoms with Crippen LogP contribution in [0.1, 0.15) is 23.6 Å². The van der Waals surface area contributed by atoms with Gasteiger partial charge < -0.3 is 14.7 Å². The molecule has 0 saturated carbocycles. The molecule has 0 bridgehead atoms. The monoisotopic (exact) mass is 325 g/mol. The number of allylic oxidation sites excluding steroid dienone is 1. The number of carbonyl (C=O) groups is 1. The number of oxime groups is 1. The smallest absolute Gasteiger partial charge is 0.358 e. The molecule has 5 heteroatoms. The average Bonchev–Trinajstić information content (AvgIpc) is 2.59. The minimum Gasteiger partial charge on any atom is -0.488 e. The summed E-state index contributed by atoms with van der Waals surface area (Å²) in [7, 11) is 1.31. The van der Waals surface area contributed by atoms with Crippen LogP contribution >= 0.6 is 0 Å². The Morgan fingerprint density at radius 3 is 2.58 bits per heavy atom. The van der Waals surface area contributed by atoms with Gasteiger partial charge in [0.2, 0.25) is 0 Å². The van der Waals surface area contributed by atoms with Crippen molar-refractivity contribution < 1.29 is 19.5 Å². The maximum atomic E-state index is 11.4. The quantitative estimate of drug-likeness (QED) is 0.622. The van der Waals surface area contributed by atoms with Gasteiger partial charge in [-0.15, -0.1) is 0 Å². The van der Waals surface area contributed by atoms with Crippen LogP contribution in [0.2, 0.25) is 0 Å². The van der Waals surface area contributed by atoms with Crippen molar-refractivity contribution in [3.8, 4) is 5.75 Å². The van der Waals surface area contributed by atoms with Crippen LogP contribution in [0.25, 0.3) is 6.08 Å². The number of nitrogens with zero attached hydrogens (tertiary/aromatic N) is 1. The molecule has 0 unspecified atom stereocenters. The van der Waals surface area contributed by atoms with E-state index in [1.54, 1.807) is 12.1 Å². The fourth-order valence-corrected chi connectivity index (χ4v) is 2.26. The molecule has 0 aliphatic heterocycles. The third-order valence-electron chi connectivity index (χ3n) is 3.31. The molecule has 0 aliphatic carbocycles. The van der Waals surface area contributed by atoms with Gasteiger partial charge in [-0.1, -0.05) is 59.8 Å². The molecule has 24 heavy (non-hydrogen) atoms. The van der Waals surface area contributed by atoms with Gasteiger partial charge in [0.05, 0.1) is 0 Å².